The molecule has 0 bridgehead atoms. The van der Waals surface area contributed by atoms with Crippen LogP contribution < -0.4 is 18.9 Å². The second-order valence-corrected chi connectivity index (χ2v) is 11.9. The maximum absolute atomic E-state index is 5.30. The molecule has 4 aliphatic rings. The second kappa shape index (κ2) is 17.6. The Hall–Kier alpha value is -5.22. The van der Waals surface area contributed by atoms with Crippen molar-refractivity contribution in [2.24, 2.45) is 0 Å². The van der Waals surface area contributed by atoms with Crippen LogP contribution in [0.15, 0.2) is 146 Å². The van der Waals surface area contributed by atoms with Gasteiger partial charge in [0, 0.05) is 0 Å². The van der Waals surface area contributed by atoms with E-state index in [1.54, 1.807) is 22.3 Å². The van der Waals surface area contributed by atoms with Gasteiger partial charge in [-0.25, -0.2) is 0 Å². The van der Waals surface area contributed by atoms with Crippen molar-refractivity contribution in [1.29, 1.82) is 0 Å². The lowest BCUT2D eigenvalue weighted by molar-refractivity contribution is 0.171. The van der Waals surface area contributed by atoms with E-state index >= 15 is 0 Å². The average Bonchev–Trinajstić information content (AvgIpc) is 3.87. The van der Waals surface area contributed by atoms with Gasteiger partial charge in [-0.1, -0.05) is 121 Å². The molecule has 0 atom stereocenters. The fourth-order valence-electron chi connectivity index (χ4n) is 6.16. The van der Waals surface area contributed by atoms with Crippen LogP contribution in [-0.2, 0) is 25.7 Å². The van der Waals surface area contributed by atoms with Crippen LogP contribution in [0, 0.1) is 0 Å². The van der Waals surface area contributed by atoms with Crippen LogP contribution >= 0.6 is 0 Å². The summed E-state index contributed by atoms with van der Waals surface area (Å²) in [5.41, 5.74) is 6.29. The van der Waals surface area contributed by atoms with Crippen LogP contribution in [0.1, 0.15) is 41.5 Å². The lowest BCUT2D eigenvalue weighted by Gasteiger charge is -2.17. The minimum absolute atomic E-state index is 0.360. The van der Waals surface area contributed by atoms with Crippen LogP contribution in [0.5, 0.6) is 23.0 Å². The summed E-state index contributed by atoms with van der Waals surface area (Å²) >= 11 is 0. The zero-order valence-corrected chi connectivity index (χ0v) is 27.6. The molecule has 4 nitrogen and oxygen atoms in total. The van der Waals surface area contributed by atoms with E-state index in [0.717, 1.165) is 23.0 Å². The molecule has 2 heterocycles. The number of aryl methyl sites for hydroxylation is 4. The van der Waals surface area contributed by atoms with Crippen LogP contribution in [0.25, 0.3) is 10.8 Å². The summed E-state index contributed by atoms with van der Waals surface area (Å²) < 4.78 is 20.7. The topological polar surface area (TPSA) is 36.9 Å². The standard InChI is InChI=1S/C10H12.C10H8.C9H10.C8H8O2.C7H6O2/c2*1-2-6-10-8-4-3-7-9(10)5-1;1-2-5-9-7-3-6-8(9)4-1;1-2-4-8-7(3-1)9-5-6-10-8;1-2-4-7-6(3-1)8-5-9-7/h1-2,5-6H,3-4,7-8H2;1-8H;1-2,4-5H,3,6-7H2;1-4H,5-6H2;1-4H,5H2. The zero-order chi connectivity index (χ0) is 32.6. The molecule has 2 aliphatic heterocycles. The van der Waals surface area contributed by atoms with E-state index in [1.165, 1.54) is 55.7 Å². The smallest absolute Gasteiger partial charge is 0.231 e. The number of hydrogen-bond acceptors (Lipinski definition) is 4. The highest BCUT2D eigenvalue weighted by Crippen LogP contribution is 2.30. The number of ether oxygens (including phenoxy) is 4. The molecular formula is C44H44O4. The Bertz CT molecular complexity index is 1600. The molecule has 0 aromatic heterocycles. The Morgan fingerprint density at radius 2 is 0.583 bits per heavy atom. The van der Waals surface area contributed by atoms with E-state index in [0.29, 0.717) is 20.0 Å². The monoisotopic (exact) mass is 636 g/mol. The van der Waals surface area contributed by atoms with Crippen molar-refractivity contribution in [2.75, 3.05) is 20.0 Å². The predicted octanol–water partition coefficient (Wildman–Crippen LogP) is 10.5. The zero-order valence-electron chi connectivity index (χ0n) is 27.6. The summed E-state index contributed by atoms with van der Waals surface area (Å²) in [6.07, 6.45) is 9.34. The van der Waals surface area contributed by atoms with Crippen molar-refractivity contribution in [3.63, 3.8) is 0 Å². The molecule has 244 valence electrons. The van der Waals surface area contributed by atoms with E-state index in [1.807, 2.05) is 48.5 Å². The molecule has 0 amide bonds. The van der Waals surface area contributed by atoms with Crippen LogP contribution in [-0.4, -0.2) is 20.0 Å². The van der Waals surface area contributed by atoms with Crippen molar-refractivity contribution >= 4 is 10.8 Å². The molecule has 6 aromatic rings. The maximum atomic E-state index is 5.30. The Morgan fingerprint density at radius 3 is 0.958 bits per heavy atom. The van der Waals surface area contributed by atoms with Crippen molar-refractivity contribution < 1.29 is 18.9 Å². The van der Waals surface area contributed by atoms with E-state index in [-0.39, 0.29) is 0 Å². The molecule has 2 aliphatic carbocycles. The van der Waals surface area contributed by atoms with Gasteiger partial charge in [0.15, 0.2) is 23.0 Å². The first-order valence-corrected chi connectivity index (χ1v) is 17.1. The first-order chi connectivity index (χ1) is 23.8. The minimum atomic E-state index is 0.360. The van der Waals surface area contributed by atoms with Crippen molar-refractivity contribution in [3.05, 3.63) is 168 Å². The molecule has 0 saturated heterocycles. The summed E-state index contributed by atoms with van der Waals surface area (Å²) in [7, 11) is 0. The van der Waals surface area contributed by atoms with Gasteiger partial charge >= 0.3 is 0 Å². The molecule has 48 heavy (non-hydrogen) atoms. The van der Waals surface area contributed by atoms with Gasteiger partial charge in [0.05, 0.1) is 0 Å². The fraction of sp³-hybridized carbons (Fsp3) is 0.227. The van der Waals surface area contributed by atoms with Gasteiger partial charge in [-0.2, -0.15) is 0 Å². The van der Waals surface area contributed by atoms with Gasteiger partial charge in [-0.15, -0.1) is 0 Å². The number of para-hydroxylation sites is 4. The highest BCUT2D eigenvalue weighted by atomic mass is 16.7. The minimum Gasteiger partial charge on any atom is -0.486 e. The van der Waals surface area contributed by atoms with Crippen LogP contribution in [0.2, 0.25) is 0 Å². The normalized spacial score (nSPS) is 14.1. The van der Waals surface area contributed by atoms with Gasteiger partial charge in [-0.05, 0) is 102 Å². The molecule has 10 rings (SSSR count). The van der Waals surface area contributed by atoms with E-state index in [4.69, 9.17) is 18.9 Å². The Labute approximate surface area is 284 Å². The molecule has 0 N–H and O–H groups in total. The molecule has 6 aromatic carbocycles. The fourth-order valence-corrected chi connectivity index (χ4v) is 6.16. The molecule has 4 heteroatoms. The van der Waals surface area contributed by atoms with E-state index in [9.17, 15) is 0 Å². The SMILES string of the molecule is c1ccc2c(c1)CCC2.c1ccc2c(c1)CCCC2.c1ccc2c(c1)OCCO2.c1ccc2c(c1)OCO2.c1ccc2ccccc2c1. The highest BCUT2D eigenvalue weighted by Gasteiger charge is 2.10. The lowest BCUT2D eigenvalue weighted by atomic mass is 9.92. The lowest BCUT2D eigenvalue weighted by Crippen LogP contribution is -2.14. The number of rotatable bonds is 0. The van der Waals surface area contributed by atoms with Crippen LogP contribution in [0.3, 0.4) is 0 Å². The first-order valence-electron chi connectivity index (χ1n) is 17.1. The first kappa shape index (κ1) is 32.7. The molecule has 0 saturated carbocycles. The quantitative estimate of drug-likeness (QED) is 0.166. The average molecular weight is 637 g/mol. The van der Waals surface area contributed by atoms with E-state index < -0.39 is 0 Å². The summed E-state index contributed by atoms with van der Waals surface area (Å²) in [5.74, 6) is 3.40. The van der Waals surface area contributed by atoms with E-state index in [2.05, 4.69) is 97.1 Å². The second-order valence-electron chi connectivity index (χ2n) is 11.9. The van der Waals surface area contributed by atoms with Gasteiger partial charge in [0.2, 0.25) is 6.79 Å². The number of hydrogen-bond donors (Lipinski definition) is 0. The Balaban J connectivity index is 0.000000105. The Morgan fingerprint density at radius 1 is 0.292 bits per heavy atom. The predicted molar refractivity (Wildman–Crippen MR) is 195 cm³/mol. The van der Waals surface area contributed by atoms with Crippen molar-refractivity contribution in [1.82, 2.24) is 0 Å². The third-order valence-electron chi connectivity index (χ3n) is 8.66. The summed E-state index contributed by atoms with van der Waals surface area (Å²) in [6, 6.07) is 49.6. The summed E-state index contributed by atoms with van der Waals surface area (Å²) in [6.45, 7) is 1.69. The third-order valence-corrected chi connectivity index (χ3v) is 8.66. The van der Waals surface area contributed by atoms with Crippen molar-refractivity contribution in [2.45, 2.75) is 44.9 Å². The molecule has 0 radical (unpaired) electrons. The molecule has 0 unspecified atom stereocenters. The number of benzene rings is 6. The van der Waals surface area contributed by atoms with Gasteiger partial charge < -0.3 is 18.9 Å². The summed E-state index contributed by atoms with van der Waals surface area (Å²) in [4.78, 5) is 0. The number of fused-ring (bicyclic) bond motifs is 5. The molecule has 0 spiro atoms. The van der Waals surface area contributed by atoms with Gasteiger partial charge in [-0.3, -0.25) is 0 Å². The third kappa shape index (κ3) is 9.42. The van der Waals surface area contributed by atoms with Crippen molar-refractivity contribution in [3.8, 4) is 23.0 Å². The largest absolute Gasteiger partial charge is 0.486 e. The highest BCUT2D eigenvalue weighted by molar-refractivity contribution is 5.82. The molecule has 0 fully saturated rings. The van der Waals surface area contributed by atoms with Crippen LogP contribution in [0.4, 0.5) is 0 Å². The molecular weight excluding hydrogens is 592 g/mol. The van der Waals surface area contributed by atoms with Gasteiger partial charge in [0.25, 0.3) is 0 Å². The van der Waals surface area contributed by atoms with Gasteiger partial charge in [0.1, 0.15) is 13.2 Å². The Kier molecular flexibility index (Phi) is 12.0. The maximum Gasteiger partial charge on any atom is 0.231 e. The summed E-state index contributed by atoms with van der Waals surface area (Å²) in [5, 5.41) is 2.62.